The Hall–Kier alpha value is -3.85. The van der Waals surface area contributed by atoms with Gasteiger partial charge in [0.15, 0.2) is 5.82 Å². The Morgan fingerprint density at radius 1 is 1.19 bits per heavy atom. The number of aryl methyl sites for hydroxylation is 1. The van der Waals surface area contributed by atoms with Crippen LogP contribution in [0, 0.1) is 12.8 Å². The number of rotatable bonds is 7. The minimum absolute atomic E-state index is 0.0625. The first-order valence-electron chi connectivity index (χ1n) is 11.7. The van der Waals surface area contributed by atoms with E-state index in [1.165, 1.54) is 12.1 Å². The van der Waals surface area contributed by atoms with E-state index in [4.69, 9.17) is 16.3 Å². The highest BCUT2D eigenvalue weighted by Crippen LogP contribution is 2.31. The van der Waals surface area contributed by atoms with E-state index >= 15 is 0 Å². The molecule has 10 heteroatoms. The minimum Gasteiger partial charge on any atom is -0.481 e. The van der Waals surface area contributed by atoms with Crippen molar-refractivity contribution < 1.29 is 23.4 Å². The van der Waals surface area contributed by atoms with Crippen LogP contribution in [0.25, 0.3) is 27.7 Å². The monoisotopic (exact) mass is 524 g/mol. The number of halogens is 3. The summed E-state index contributed by atoms with van der Waals surface area (Å²) in [5.74, 6) is 0.248. The number of aromatic nitrogens is 4. The molecule has 2 aromatic heterocycles. The molecule has 37 heavy (non-hydrogen) atoms. The fourth-order valence-electron chi connectivity index (χ4n) is 4.58. The van der Waals surface area contributed by atoms with E-state index in [0.717, 1.165) is 27.7 Å². The molecule has 0 radical (unpaired) electrons. The quantitative estimate of drug-likeness (QED) is 0.302. The lowest BCUT2D eigenvalue weighted by Gasteiger charge is -2.17. The van der Waals surface area contributed by atoms with E-state index in [-0.39, 0.29) is 18.2 Å². The summed E-state index contributed by atoms with van der Waals surface area (Å²) in [6.07, 6.45) is 7.07. The molecule has 0 amide bonds. The Kier molecular flexibility index (Phi) is 6.88. The van der Waals surface area contributed by atoms with Gasteiger partial charge in [0.05, 0.1) is 23.5 Å². The second kappa shape index (κ2) is 10.3. The van der Waals surface area contributed by atoms with Crippen LogP contribution in [0.5, 0.6) is 5.75 Å². The molecule has 1 unspecified atom stereocenters. The molecule has 4 aromatic rings. The smallest absolute Gasteiger partial charge is 0.387 e. The van der Waals surface area contributed by atoms with Gasteiger partial charge in [-0.25, -0.2) is 15.0 Å². The molecule has 0 saturated carbocycles. The van der Waals surface area contributed by atoms with Gasteiger partial charge >= 0.3 is 12.6 Å². The molecule has 0 aliphatic heterocycles. The first-order chi connectivity index (χ1) is 17.8. The number of ether oxygens (including phenoxy) is 1. The third-order valence-corrected chi connectivity index (χ3v) is 6.77. The molecule has 190 valence electrons. The van der Waals surface area contributed by atoms with E-state index in [0.29, 0.717) is 41.5 Å². The zero-order valence-corrected chi connectivity index (χ0v) is 20.6. The number of hydrogen-bond donors (Lipinski definition) is 1. The fourth-order valence-corrected chi connectivity index (χ4v) is 4.77. The fraction of sp³-hybridized carbons (Fsp3) is 0.259. The first kappa shape index (κ1) is 24.8. The van der Waals surface area contributed by atoms with Gasteiger partial charge in [-0.1, -0.05) is 23.7 Å². The third kappa shape index (κ3) is 5.32. The zero-order chi connectivity index (χ0) is 26.1. The lowest BCUT2D eigenvalue weighted by Crippen LogP contribution is -2.16. The van der Waals surface area contributed by atoms with Crippen LogP contribution in [0.15, 0.2) is 54.9 Å². The van der Waals surface area contributed by atoms with Crippen LogP contribution in [-0.4, -0.2) is 37.2 Å². The van der Waals surface area contributed by atoms with Crippen molar-refractivity contribution in [1.82, 2.24) is 19.5 Å². The molecule has 0 bridgehead atoms. The number of imidazole rings is 1. The zero-order valence-electron chi connectivity index (χ0n) is 19.9. The Labute approximate surface area is 216 Å². The summed E-state index contributed by atoms with van der Waals surface area (Å²) in [7, 11) is 0. The Morgan fingerprint density at radius 3 is 2.65 bits per heavy atom. The van der Waals surface area contributed by atoms with Gasteiger partial charge in [-0.15, -0.1) is 0 Å². The average molecular weight is 525 g/mol. The minimum atomic E-state index is -2.95. The number of benzene rings is 2. The molecule has 1 aliphatic rings. The summed E-state index contributed by atoms with van der Waals surface area (Å²) >= 11 is 6.13. The highest BCUT2D eigenvalue weighted by atomic mass is 35.5. The van der Waals surface area contributed by atoms with Crippen molar-refractivity contribution in [2.24, 2.45) is 5.92 Å². The van der Waals surface area contributed by atoms with Gasteiger partial charge < -0.3 is 14.4 Å². The molecule has 1 N–H and O–H groups in total. The summed E-state index contributed by atoms with van der Waals surface area (Å²) in [6.45, 7) is -0.851. The van der Waals surface area contributed by atoms with Gasteiger partial charge in [-0.3, -0.25) is 4.79 Å². The predicted octanol–water partition coefficient (Wildman–Crippen LogP) is 6.37. The van der Waals surface area contributed by atoms with Gasteiger partial charge in [0.25, 0.3) is 0 Å². The summed E-state index contributed by atoms with van der Waals surface area (Å²) in [4.78, 5) is 24.8. The Bertz CT molecular complexity index is 1500. The van der Waals surface area contributed by atoms with Crippen molar-refractivity contribution in [3.05, 3.63) is 77.1 Å². The SMILES string of the molecule is Cc1nc2ccc(-c3cnc(C4=CCC(C(=O)O)CC4)nc3)cc2n1Cc1cc(Cl)ccc1OC(F)F. The number of carboxylic acid groups (broad SMARTS) is 1. The van der Waals surface area contributed by atoms with E-state index < -0.39 is 12.6 Å². The summed E-state index contributed by atoms with van der Waals surface area (Å²) < 4.78 is 32.5. The molecule has 0 saturated heterocycles. The van der Waals surface area contributed by atoms with Crippen molar-refractivity contribution in [3.63, 3.8) is 0 Å². The molecular weight excluding hydrogens is 502 g/mol. The van der Waals surface area contributed by atoms with Gasteiger partial charge in [0.1, 0.15) is 11.6 Å². The van der Waals surface area contributed by atoms with Crippen molar-refractivity contribution in [1.29, 1.82) is 0 Å². The molecule has 1 atom stereocenters. The summed E-state index contributed by atoms with van der Waals surface area (Å²) in [5, 5.41) is 9.61. The van der Waals surface area contributed by atoms with Crippen LogP contribution in [0.4, 0.5) is 8.78 Å². The third-order valence-electron chi connectivity index (χ3n) is 6.54. The van der Waals surface area contributed by atoms with Crippen LogP contribution < -0.4 is 4.74 Å². The normalized spacial score (nSPS) is 15.7. The molecule has 7 nitrogen and oxygen atoms in total. The van der Waals surface area contributed by atoms with Gasteiger partial charge in [0.2, 0.25) is 0 Å². The molecule has 2 heterocycles. The molecule has 1 aliphatic carbocycles. The number of nitrogens with zero attached hydrogens (tertiary/aromatic N) is 4. The van der Waals surface area contributed by atoms with Crippen molar-refractivity contribution in [3.8, 4) is 16.9 Å². The molecule has 0 fully saturated rings. The van der Waals surface area contributed by atoms with E-state index in [9.17, 15) is 18.7 Å². The van der Waals surface area contributed by atoms with Crippen LogP contribution in [0.2, 0.25) is 5.02 Å². The number of fused-ring (bicyclic) bond motifs is 1. The maximum absolute atomic E-state index is 12.9. The van der Waals surface area contributed by atoms with Gasteiger partial charge in [0, 0.05) is 28.5 Å². The number of aliphatic carboxylic acids is 1. The maximum atomic E-state index is 12.9. The summed E-state index contributed by atoms with van der Waals surface area (Å²) in [5.41, 5.74) is 4.73. The lowest BCUT2D eigenvalue weighted by molar-refractivity contribution is -0.141. The molecule has 2 aromatic carbocycles. The van der Waals surface area contributed by atoms with Crippen LogP contribution in [0.3, 0.4) is 0 Å². The van der Waals surface area contributed by atoms with E-state index in [1.807, 2.05) is 35.8 Å². The highest BCUT2D eigenvalue weighted by molar-refractivity contribution is 6.30. The largest absolute Gasteiger partial charge is 0.481 e. The van der Waals surface area contributed by atoms with Crippen molar-refractivity contribution in [2.45, 2.75) is 39.3 Å². The van der Waals surface area contributed by atoms with E-state index in [1.54, 1.807) is 18.5 Å². The molecule has 0 spiro atoms. The number of alkyl halides is 2. The van der Waals surface area contributed by atoms with Crippen molar-refractivity contribution in [2.75, 3.05) is 0 Å². The number of carboxylic acids is 1. The summed E-state index contributed by atoms with van der Waals surface area (Å²) in [6, 6.07) is 10.3. The number of carbonyl (C=O) groups is 1. The second-order valence-corrected chi connectivity index (χ2v) is 9.35. The Morgan fingerprint density at radius 2 is 1.97 bits per heavy atom. The number of allylic oxidation sites excluding steroid dienone is 2. The van der Waals surface area contributed by atoms with Gasteiger partial charge in [-0.05, 0) is 67.7 Å². The molecular formula is C27H23ClF2N4O3. The van der Waals surface area contributed by atoms with Crippen LogP contribution >= 0.6 is 11.6 Å². The molecule has 5 rings (SSSR count). The topological polar surface area (TPSA) is 90.1 Å². The highest BCUT2D eigenvalue weighted by Gasteiger charge is 2.22. The first-order valence-corrected chi connectivity index (χ1v) is 12.1. The van der Waals surface area contributed by atoms with E-state index in [2.05, 4.69) is 15.0 Å². The maximum Gasteiger partial charge on any atom is 0.387 e. The van der Waals surface area contributed by atoms with Crippen LogP contribution in [-0.2, 0) is 11.3 Å². The Balaban J connectivity index is 1.44. The predicted molar refractivity (Wildman–Crippen MR) is 136 cm³/mol. The number of hydrogen-bond acceptors (Lipinski definition) is 5. The lowest BCUT2D eigenvalue weighted by atomic mass is 9.89. The second-order valence-electron chi connectivity index (χ2n) is 8.91. The van der Waals surface area contributed by atoms with Crippen LogP contribution in [0.1, 0.15) is 36.5 Å². The standard InChI is InChI=1S/C27H23ClF2N4O3/c1-15-33-22-8-6-18(20-12-31-25(32-13-20)16-2-4-17(5-3-16)26(35)36)11-23(22)34(15)14-19-10-21(28)7-9-24(19)37-27(29)30/h2,6-13,17,27H,3-5,14H2,1H3,(H,35,36). The van der Waals surface area contributed by atoms with Crippen molar-refractivity contribution >= 4 is 34.2 Å². The average Bonchev–Trinajstić information content (AvgIpc) is 3.19. The van der Waals surface area contributed by atoms with Gasteiger partial charge in [-0.2, -0.15) is 8.78 Å².